The Morgan fingerprint density at radius 1 is 1.77 bits per heavy atom. The summed E-state index contributed by atoms with van der Waals surface area (Å²) in [7, 11) is 3.36. The summed E-state index contributed by atoms with van der Waals surface area (Å²) >= 11 is 0. The van der Waals surface area contributed by atoms with Gasteiger partial charge in [0.1, 0.15) is 0 Å². The highest BCUT2D eigenvalue weighted by Gasteiger charge is 2.02. The number of anilines is 1. The van der Waals surface area contributed by atoms with E-state index in [2.05, 4.69) is 10.4 Å². The molecule has 5 heteroatoms. The number of hydrogen-bond donors (Lipinski definition) is 1. The lowest BCUT2D eigenvalue weighted by Crippen LogP contribution is -2.14. The van der Waals surface area contributed by atoms with Gasteiger partial charge in [-0.05, 0) is 0 Å². The van der Waals surface area contributed by atoms with Gasteiger partial charge in [-0.25, -0.2) is 0 Å². The molecule has 0 aliphatic rings. The largest absolute Gasteiger partial charge is 0.384 e. The van der Waals surface area contributed by atoms with Crippen molar-refractivity contribution in [1.82, 2.24) is 9.78 Å². The van der Waals surface area contributed by atoms with Gasteiger partial charge in [0.05, 0.1) is 13.0 Å². The van der Waals surface area contributed by atoms with Crippen molar-refractivity contribution in [2.45, 2.75) is 6.42 Å². The molecule has 72 valence electrons. The maximum atomic E-state index is 11.1. The Hall–Kier alpha value is -1.36. The normalized spacial score (nSPS) is 10.0. The molecule has 1 aromatic heterocycles. The molecule has 5 nitrogen and oxygen atoms in total. The lowest BCUT2D eigenvalue weighted by atomic mass is 10.4. The maximum absolute atomic E-state index is 11.1. The van der Waals surface area contributed by atoms with Crippen LogP contribution in [-0.2, 0) is 16.6 Å². The maximum Gasteiger partial charge on any atom is 0.227 e. The second-order valence-electron chi connectivity index (χ2n) is 2.67. The van der Waals surface area contributed by atoms with Crippen LogP contribution in [0.4, 0.5) is 5.82 Å². The molecule has 0 aliphatic carbocycles. The predicted octanol–water partition coefficient (Wildman–Crippen LogP) is 0.395. The number of rotatable bonds is 4. The molecule has 0 unspecified atom stereocenters. The van der Waals surface area contributed by atoms with Gasteiger partial charge in [-0.2, -0.15) is 5.10 Å². The number of amides is 1. The van der Waals surface area contributed by atoms with Crippen LogP contribution in [0.3, 0.4) is 0 Å². The third-order valence-electron chi connectivity index (χ3n) is 1.51. The van der Waals surface area contributed by atoms with Crippen molar-refractivity contribution in [2.24, 2.45) is 7.05 Å². The van der Waals surface area contributed by atoms with Crippen LogP contribution in [0, 0.1) is 0 Å². The number of methoxy groups -OCH3 is 1. The van der Waals surface area contributed by atoms with Crippen LogP contribution in [0.1, 0.15) is 6.42 Å². The molecule has 13 heavy (non-hydrogen) atoms. The number of carbonyl (C=O) groups excluding carboxylic acids is 1. The van der Waals surface area contributed by atoms with E-state index in [-0.39, 0.29) is 5.91 Å². The van der Waals surface area contributed by atoms with Crippen molar-refractivity contribution in [3.63, 3.8) is 0 Å². The van der Waals surface area contributed by atoms with E-state index in [0.717, 1.165) is 0 Å². The minimum absolute atomic E-state index is 0.0828. The molecule has 0 spiro atoms. The molecule has 0 fully saturated rings. The number of hydrogen-bond acceptors (Lipinski definition) is 3. The second-order valence-corrected chi connectivity index (χ2v) is 2.67. The lowest BCUT2D eigenvalue weighted by molar-refractivity contribution is -0.117. The summed E-state index contributed by atoms with van der Waals surface area (Å²) in [5.74, 6) is 0.490. The molecular formula is C8H13N3O2. The van der Waals surface area contributed by atoms with Crippen molar-refractivity contribution in [3.8, 4) is 0 Å². The Labute approximate surface area is 76.7 Å². The Bertz CT molecular complexity index is 283. The summed E-state index contributed by atoms with van der Waals surface area (Å²) in [4.78, 5) is 11.1. The van der Waals surface area contributed by atoms with Gasteiger partial charge in [-0.1, -0.05) is 0 Å². The Morgan fingerprint density at radius 3 is 3.08 bits per heavy atom. The fourth-order valence-electron chi connectivity index (χ4n) is 0.882. The highest BCUT2D eigenvalue weighted by atomic mass is 16.5. The number of nitrogens with zero attached hydrogens (tertiary/aromatic N) is 2. The molecule has 0 saturated carbocycles. The average molecular weight is 183 g/mol. The molecule has 0 radical (unpaired) electrons. The zero-order chi connectivity index (χ0) is 9.68. The van der Waals surface area contributed by atoms with Gasteiger partial charge in [-0.3, -0.25) is 9.48 Å². The number of carbonyl (C=O) groups is 1. The molecule has 0 aliphatic heterocycles. The topological polar surface area (TPSA) is 56.1 Å². The Kier molecular flexibility index (Phi) is 3.45. The van der Waals surface area contributed by atoms with E-state index in [0.29, 0.717) is 18.8 Å². The quantitative estimate of drug-likeness (QED) is 0.734. The van der Waals surface area contributed by atoms with Crippen LogP contribution < -0.4 is 5.32 Å². The van der Waals surface area contributed by atoms with Gasteiger partial charge in [0.2, 0.25) is 5.91 Å². The van der Waals surface area contributed by atoms with E-state index >= 15 is 0 Å². The Balaban J connectivity index is 2.36. The van der Waals surface area contributed by atoms with Gasteiger partial charge < -0.3 is 10.1 Å². The Morgan fingerprint density at radius 2 is 2.54 bits per heavy atom. The molecule has 1 N–H and O–H groups in total. The zero-order valence-corrected chi connectivity index (χ0v) is 7.78. The van der Waals surface area contributed by atoms with Crippen LogP contribution in [-0.4, -0.2) is 29.4 Å². The van der Waals surface area contributed by atoms with Crippen LogP contribution >= 0.6 is 0 Å². The number of nitrogens with one attached hydrogen (secondary N) is 1. The van der Waals surface area contributed by atoms with Gasteiger partial charge in [0, 0.05) is 26.4 Å². The van der Waals surface area contributed by atoms with E-state index in [9.17, 15) is 4.79 Å². The number of aromatic nitrogens is 2. The lowest BCUT2D eigenvalue weighted by Gasteiger charge is -1.99. The van der Waals surface area contributed by atoms with Gasteiger partial charge in [0.25, 0.3) is 0 Å². The highest BCUT2D eigenvalue weighted by Crippen LogP contribution is 2.01. The first-order chi connectivity index (χ1) is 6.22. The van der Waals surface area contributed by atoms with E-state index in [1.54, 1.807) is 31.1 Å². The first-order valence-electron chi connectivity index (χ1n) is 4.01. The minimum atomic E-state index is -0.0828. The van der Waals surface area contributed by atoms with Crippen molar-refractivity contribution < 1.29 is 9.53 Å². The summed E-state index contributed by atoms with van der Waals surface area (Å²) in [5.41, 5.74) is 0. The van der Waals surface area contributed by atoms with E-state index in [1.807, 2.05) is 0 Å². The van der Waals surface area contributed by atoms with E-state index < -0.39 is 0 Å². The summed E-state index contributed by atoms with van der Waals surface area (Å²) < 4.78 is 6.40. The highest BCUT2D eigenvalue weighted by molar-refractivity contribution is 5.89. The monoisotopic (exact) mass is 183 g/mol. The number of ether oxygens (including phenoxy) is 1. The summed E-state index contributed by atoms with van der Waals surface area (Å²) in [6, 6.07) is 1.74. The molecule has 1 aromatic rings. The van der Waals surface area contributed by atoms with Crippen molar-refractivity contribution in [3.05, 3.63) is 12.3 Å². The summed E-state index contributed by atoms with van der Waals surface area (Å²) in [5, 5.41) is 6.65. The van der Waals surface area contributed by atoms with Gasteiger partial charge in [0.15, 0.2) is 5.82 Å². The first kappa shape index (κ1) is 9.73. The fourth-order valence-corrected chi connectivity index (χ4v) is 0.882. The molecule has 0 aromatic carbocycles. The van der Waals surface area contributed by atoms with Crippen LogP contribution in [0.5, 0.6) is 0 Å². The first-order valence-corrected chi connectivity index (χ1v) is 4.01. The third-order valence-corrected chi connectivity index (χ3v) is 1.51. The molecular weight excluding hydrogens is 170 g/mol. The van der Waals surface area contributed by atoms with Crippen LogP contribution in [0.25, 0.3) is 0 Å². The smallest absolute Gasteiger partial charge is 0.227 e. The summed E-state index contributed by atoms with van der Waals surface area (Å²) in [6.45, 7) is 0.429. The summed E-state index contributed by atoms with van der Waals surface area (Å²) in [6.07, 6.45) is 2.12. The standard InChI is InChI=1S/C8H13N3O2/c1-11-5-3-7(10-11)9-8(12)4-6-13-2/h3,5H,4,6H2,1-2H3,(H,9,10,12). The average Bonchev–Trinajstić information content (AvgIpc) is 2.48. The molecule has 1 rings (SSSR count). The third kappa shape index (κ3) is 3.25. The predicted molar refractivity (Wildman–Crippen MR) is 48.3 cm³/mol. The van der Waals surface area contributed by atoms with Crippen LogP contribution in [0.15, 0.2) is 12.3 Å². The molecule has 0 bridgehead atoms. The van der Waals surface area contributed by atoms with Crippen molar-refractivity contribution in [2.75, 3.05) is 19.0 Å². The van der Waals surface area contributed by atoms with Crippen LogP contribution in [0.2, 0.25) is 0 Å². The van der Waals surface area contributed by atoms with E-state index in [4.69, 9.17) is 4.74 Å². The zero-order valence-electron chi connectivity index (χ0n) is 7.78. The number of aryl methyl sites for hydroxylation is 1. The molecule has 0 atom stereocenters. The van der Waals surface area contributed by atoms with Gasteiger partial charge in [-0.15, -0.1) is 0 Å². The SMILES string of the molecule is COCCC(=O)Nc1ccn(C)n1. The molecule has 1 heterocycles. The minimum Gasteiger partial charge on any atom is -0.384 e. The van der Waals surface area contributed by atoms with Gasteiger partial charge >= 0.3 is 0 Å². The van der Waals surface area contributed by atoms with Crippen molar-refractivity contribution >= 4 is 11.7 Å². The van der Waals surface area contributed by atoms with E-state index in [1.165, 1.54) is 0 Å². The second kappa shape index (κ2) is 4.61. The molecule has 0 saturated heterocycles. The van der Waals surface area contributed by atoms with Crippen molar-refractivity contribution in [1.29, 1.82) is 0 Å². The molecule has 1 amide bonds. The fraction of sp³-hybridized carbons (Fsp3) is 0.500.